The van der Waals surface area contributed by atoms with Gasteiger partial charge in [0.1, 0.15) is 5.76 Å². The lowest BCUT2D eigenvalue weighted by Gasteiger charge is -2.09. The Morgan fingerprint density at radius 3 is 2.68 bits per heavy atom. The highest BCUT2D eigenvalue weighted by atomic mass is 32.2. The molecule has 0 aliphatic carbocycles. The first-order chi connectivity index (χ1) is 8.86. The van der Waals surface area contributed by atoms with Crippen molar-refractivity contribution in [1.29, 1.82) is 0 Å². The maximum absolute atomic E-state index is 11.9. The van der Waals surface area contributed by atoms with Crippen molar-refractivity contribution in [1.82, 2.24) is 10.0 Å². The van der Waals surface area contributed by atoms with Gasteiger partial charge in [-0.15, -0.1) is 0 Å². The molecule has 0 bridgehead atoms. The Kier molecular flexibility index (Phi) is 6.18. The smallest absolute Gasteiger partial charge is 0.273 e. The molecule has 0 saturated carbocycles. The normalized spacial score (nSPS) is 15.3. The summed E-state index contributed by atoms with van der Waals surface area (Å²) in [7, 11) is -4.74. The summed E-state index contributed by atoms with van der Waals surface area (Å²) in [5, 5.41) is 2.68. The monoisotopic (exact) mass is 308 g/mol. The van der Waals surface area contributed by atoms with E-state index >= 15 is 0 Å². The molecule has 1 heterocycles. The van der Waals surface area contributed by atoms with Crippen LogP contribution in [0.3, 0.4) is 0 Å². The van der Waals surface area contributed by atoms with Crippen molar-refractivity contribution in [3.8, 4) is 0 Å². The van der Waals surface area contributed by atoms with E-state index in [1.807, 2.05) is 6.92 Å². The SMILES string of the molecule is CCNCc1ccc(S(=O)(=O)NCC(C)S(C)=O)o1. The second-order valence-corrected chi connectivity index (χ2v) is 7.66. The van der Waals surface area contributed by atoms with Crippen LogP contribution >= 0.6 is 0 Å². The van der Waals surface area contributed by atoms with E-state index in [9.17, 15) is 12.6 Å². The van der Waals surface area contributed by atoms with Gasteiger partial charge in [0, 0.05) is 28.9 Å². The maximum atomic E-state index is 11.9. The molecule has 2 N–H and O–H groups in total. The molecule has 0 spiro atoms. The Hall–Kier alpha value is -0.700. The van der Waals surface area contributed by atoms with Crippen LogP contribution in [0.5, 0.6) is 0 Å². The summed E-state index contributed by atoms with van der Waals surface area (Å²) < 4.78 is 42.7. The van der Waals surface area contributed by atoms with E-state index in [4.69, 9.17) is 4.42 Å². The summed E-state index contributed by atoms with van der Waals surface area (Å²) in [6, 6.07) is 3.04. The van der Waals surface area contributed by atoms with Crippen LogP contribution in [-0.2, 0) is 27.4 Å². The largest absolute Gasteiger partial charge is 0.447 e. The maximum Gasteiger partial charge on any atom is 0.273 e. The lowest BCUT2D eigenvalue weighted by molar-refractivity contribution is 0.401. The van der Waals surface area contributed by atoms with Crippen molar-refractivity contribution in [2.24, 2.45) is 0 Å². The average Bonchev–Trinajstić information content (AvgIpc) is 2.82. The molecule has 0 amide bonds. The summed E-state index contributed by atoms with van der Waals surface area (Å²) in [6.07, 6.45) is 1.54. The first-order valence-corrected chi connectivity index (χ1v) is 9.08. The molecular formula is C11H20N2O4S2. The third kappa shape index (κ3) is 5.06. The van der Waals surface area contributed by atoms with Crippen LogP contribution in [-0.4, -0.2) is 37.2 Å². The molecule has 0 saturated heterocycles. The van der Waals surface area contributed by atoms with Crippen molar-refractivity contribution in [2.45, 2.75) is 30.7 Å². The highest BCUT2D eigenvalue weighted by Gasteiger charge is 2.20. The second kappa shape index (κ2) is 7.18. The minimum Gasteiger partial charge on any atom is -0.447 e. The van der Waals surface area contributed by atoms with Gasteiger partial charge in [0.15, 0.2) is 0 Å². The molecule has 110 valence electrons. The fourth-order valence-corrected chi connectivity index (χ4v) is 2.76. The predicted octanol–water partition coefficient (Wildman–Crippen LogP) is 0.434. The number of hydrogen-bond acceptors (Lipinski definition) is 5. The zero-order valence-corrected chi connectivity index (χ0v) is 12.9. The summed E-state index contributed by atoms with van der Waals surface area (Å²) >= 11 is 0. The van der Waals surface area contributed by atoms with Gasteiger partial charge in [-0.25, -0.2) is 13.1 Å². The first kappa shape index (κ1) is 16.4. The lowest BCUT2D eigenvalue weighted by atomic mass is 10.4. The number of rotatable bonds is 8. The third-order valence-corrected chi connectivity index (χ3v) is 5.17. The summed E-state index contributed by atoms with van der Waals surface area (Å²) in [6.45, 7) is 5.06. The molecule has 0 aliphatic rings. The van der Waals surface area contributed by atoms with E-state index in [1.165, 1.54) is 6.07 Å². The number of sulfonamides is 1. The van der Waals surface area contributed by atoms with Crippen LogP contribution in [0.15, 0.2) is 21.6 Å². The Bertz CT molecular complexity index is 525. The standard InChI is InChI=1S/C11H20N2O4S2/c1-4-12-8-10-5-6-11(17-10)19(15,16)13-7-9(2)18(3)14/h5-6,9,12-13H,4,7-8H2,1-3H3. The molecular weight excluding hydrogens is 288 g/mol. The Labute approximate surface area is 116 Å². The van der Waals surface area contributed by atoms with E-state index < -0.39 is 20.8 Å². The lowest BCUT2D eigenvalue weighted by Crippen LogP contribution is -2.32. The van der Waals surface area contributed by atoms with Crippen molar-refractivity contribution in [3.63, 3.8) is 0 Å². The second-order valence-electron chi connectivity index (χ2n) is 4.16. The van der Waals surface area contributed by atoms with Gasteiger partial charge in [0.2, 0.25) is 5.09 Å². The van der Waals surface area contributed by atoms with Crippen molar-refractivity contribution in [2.75, 3.05) is 19.3 Å². The molecule has 2 unspecified atom stereocenters. The molecule has 1 rings (SSSR count). The zero-order valence-electron chi connectivity index (χ0n) is 11.3. The number of hydrogen-bond donors (Lipinski definition) is 2. The first-order valence-electron chi connectivity index (χ1n) is 5.98. The molecule has 2 atom stereocenters. The minimum absolute atomic E-state index is 0.116. The molecule has 1 aromatic heterocycles. The van der Waals surface area contributed by atoms with Crippen molar-refractivity contribution < 1.29 is 17.0 Å². The molecule has 8 heteroatoms. The van der Waals surface area contributed by atoms with Crippen molar-refractivity contribution in [3.05, 3.63) is 17.9 Å². The van der Waals surface area contributed by atoms with Gasteiger partial charge in [-0.1, -0.05) is 6.92 Å². The molecule has 0 radical (unpaired) electrons. The van der Waals surface area contributed by atoms with Gasteiger partial charge >= 0.3 is 0 Å². The minimum atomic E-state index is -3.67. The fourth-order valence-electron chi connectivity index (χ4n) is 1.26. The van der Waals surface area contributed by atoms with Crippen LogP contribution in [0, 0.1) is 0 Å². The van der Waals surface area contributed by atoms with Crippen LogP contribution < -0.4 is 10.0 Å². The van der Waals surface area contributed by atoms with Crippen LogP contribution in [0.1, 0.15) is 19.6 Å². The number of furan rings is 1. The summed E-state index contributed by atoms with van der Waals surface area (Å²) in [5.41, 5.74) is 0. The molecule has 0 aliphatic heterocycles. The highest BCUT2D eigenvalue weighted by Crippen LogP contribution is 2.13. The Morgan fingerprint density at radius 1 is 1.42 bits per heavy atom. The molecule has 19 heavy (non-hydrogen) atoms. The van der Waals surface area contributed by atoms with Gasteiger partial charge < -0.3 is 9.73 Å². The van der Waals surface area contributed by atoms with Crippen LogP contribution in [0.25, 0.3) is 0 Å². The Balaban J connectivity index is 2.66. The summed E-state index contributed by atoms with van der Waals surface area (Å²) in [4.78, 5) is 0. The zero-order chi connectivity index (χ0) is 14.5. The van der Waals surface area contributed by atoms with Gasteiger partial charge in [-0.3, -0.25) is 4.21 Å². The van der Waals surface area contributed by atoms with Crippen molar-refractivity contribution >= 4 is 20.8 Å². The van der Waals surface area contributed by atoms with Gasteiger partial charge in [0.25, 0.3) is 10.0 Å². The highest BCUT2D eigenvalue weighted by molar-refractivity contribution is 7.89. The van der Waals surface area contributed by atoms with Gasteiger partial charge in [-0.2, -0.15) is 0 Å². The van der Waals surface area contributed by atoms with Crippen LogP contribution in [0.2, 0.25) is 0 Å². The fraction of sp³-hybridized carbons (Fsp3) is 0.636. The van der Waals surface area contributed by atoms with E-state index in [0.717, 1.165) is 6.54 Å². The molecule has 0 aromatic carbocycles. The van der Waals surface area contributed by atoms with Crippen LogP contribution in [0.4, 0.5) is 0 Å². The van der Waals surface area contributed by atoms with E-state index in [1.54, 1.807) is 19.2 Å². The predicted molar refractivity (Wildman–Crippen MR) is 74.8 cm³/mol. The Morgan fingerprint density at radius 2 is 2.11 bits per heavy atom. The van der Waals surface area contributed by atoms with Gasteiger partial charge in [0.05, 0.1) is 6.54 Å². The third-order valence-electron chi connectivity index (χ3n) is 2.58. The van der Waals surface area contributed by atoms with Gasteiger partial charge in [-0.05, 0) is 25.6 Å². The molecule has 1 aromatic rings. The summed E-state index contributed by atoms with van der Waals surface area (Å²) in [5.74, 6) is 0.564. The van der Waals surface area contributed by atoms with E-state index in [0.29, 0.717) is 12.3 Å². The topological polar surface area (TPSA) is 88.4 Å². The molecule has 6 nitrogen and oxygen atoms in total. The molecule has 0 fully saturated rings. The quantitative estimate of drug-likeness (QED) is 0.727. The van der Waals surface area contributed by atoms with E-state index in [-0.39, 0.29) is 16.9 Å². The van der Waals surface area contributed by atoms with E-state index in [2.05, 4.69) is 10.0 Å². The average molecular weight is 308 g/mol. The number of nitrogens with one attached hydrogen (secondary N) is 2.